The maximum Gasteiger partial charge on any atom is 0.338 e. The topological polar surface area (TPSA) is 128 Å². The molecule has 0 radical (unpaired) electrons. The van der Waals surface area contributed by atoms with Gasteiger partial charge in [0.15, 0.2) is 0 Å². The van der Waals surface area contributed by atoms with E-state index in [0.29, 0.717) is 11.3 Å². The fourth-order valence-electron chi connectivity index (χ4n) is 2.99. The van der Waals surface area contributed by atoms with Crippen LogP contribution < -0.4 is 10.6 Å². The van der Waals surface area contributed by atoms with E-state index in [0.717, 1.165) is 0 Å². The highest BCUT2D eigenvalue weighted by Crippen LogP contribution is 2.18. The Labute approximate surface area is 205 Å². The van der Waals surface area contributed by atoms with Crippen molar-refractivity contribution in [1.82, 2.24) is 5.32 Å². The highest BCUT2D eigenvalue weighted by atomic mass is 35.5. The third-order valence-electron chi connectivity index (χ3n) is 4.66. The normalized spacial score (nSPS) is 10.9. The number of halogens is 1. The summed E-state index contributed by atoms with van der Waals surface area (Å²) in [6, 6.07) is 17.9. The Morgan fingerprint density at radius 3 is 2.40 bits per heavy atom. The number of carbonyl (C=O) groups is 3. The van der Waals surface area contributed by atoms with Crippen molar-refractivity contribution in [2.45, 2.75) is 6.92 Å². The van der Waals surface area contributed by atoms with Crippen molar-refractivity contribution in [1.29, 1.82) is 0 Å². The molecule has 0 saturated heterocycles. The molecule has 0 aliphatic rings. The number of nitrogens with one attached hydrogen (secondary N) is 2. The van der Waals surface area contributed by atoms with Gasteiger partial charge in [0.25, 0.3) is 17.5 Å². The van der Waals surface area contributed by atoms with Gasteiger partial charge in [-0.05, 0) is 61.0 Å². The second-order valence-corrected chi connectivity index (χ2v) is 7.50. The first-order valence-corrected chi connectivity index (χ1v) is 10.8. The molecule has 0 bridgehead atoms. The molecule has 3 rings (SSSR count). The molecule has 9 nitrogen and oxygen atoms in total. The summed E-state index contributed by atoms with van der Waals surface area (Å²) in [5.41, 5.74) is 0.850. The van der Waals surface area contributed by atoms with Crippen LogP contribution in [0.2, 0.25) is 5.02 Å². The van der Waals surface area contributed by atoms with E-state index < -0.39 is 22.7 Å². The van der Waals surface area contributed by atoms with Crippen molar-refractivity contribution in [3.63, 3.8) is 0 Å². The molecule has 35 heavy (non-hydrogen) atoms. The van der Waals surface area contributed by atoms with Crippen LogP contribution in [0.25, 0.3) is 6.08 Å². The zero-order valence-corrected chi connectivity index (χ0v) is 19.2. The predicted molar refractivity (Wildman–Crippen MR) is 131 cm³/mol. The second-order valence-electron chi connectivity index (χ2n) is 7.10. The molecule has 3 aromatic carbocycles. The van der Waals surface area contributed by atoms with Gasteiger partial charge >= 0.3 is 5.97 Å². The molecular weight excluding hydrogens is 474 g/mol. The van der Waals surface area contributed by atoms with Crippen molar-refractivity contribution < 1.29 is 24.0 Å². The molecule has 0 aliphatic heterocycles. The second kappa shape index (κ2) is 11.6. The first-order chi connectivity index (χ1) is 16.8. The average molecular weight is 494 g/mol. The predicted octanol–water partition coefficient (Wildman–Crippen LogP) is 4.83. The maximum absolute atomic E-state index is 13.1. The summed E-state index contributed by atoms with van der Waals surface area (Å²) in [5.74, 6) is -1.86. The minimum atomic E-state index is -0.690. The highest BCUT2D eigenvalue weighted by Gasteiger charge is 2.18. The molecule has 3 aromatic rings. The van der Waals surface area contributed by atoms with E-state index in [1.165, 1.54) is 48.5 Å². The highest BCUT2D eigenvalue weighted by molar-refractivity contribution is 6.34. The van der Waals surface area contributed by atoms with Crippen LogP contribution in [0.5, 0.6) is 0 Å². The first kappa shape index (κ1) is 25.1. The number of nitro benzene ring substituents is 1. The largest absolute Gasteiger partial charge is 0.462 e. The van der Waals surface area contributed by atoms with Gasteiger partial charge in [0.1, 0.15) is 5.70 Å². The van der Waals surface area contributed by atoms with Crippen molar-refractivity contribution >= 4 is 46.8 Å². The van der Waals surface area contributed by atoms with E-state index in [-0.39, 0.29) is 34.1 Å². The van der Waals surface area contributed by atoms with E-state index in [1.54, 1.807) is 37.3 Å². The number of hydrogen-bond acceptors (Lipinski definition) is 6. The van der Waals surface area contributed by atoms with Gasteiger partial charge in [0.2, 0.25) is 0 Å². The van der Waals surface area contributed by atoms with Gasteiger partial charge in [-0.15, -0.1) is 0 Å². The average Bonchev–Trinajstić information content (AvgIpc) is 2.84. The Balaban J connectivity index is 1.91. The van der Waals surface area contributed by atoms with Gasteiger partial charge in [-0.2, -0.15) is 0 Å². The van der Waals surface area contributed by atoms with Crippen molar-refractivity contribution in [2.75, 3.05) is 11.9 Å². The number of esters is 1. The summed E-state index contributed by atoms with van der Waals surface area (Å²) >= 11 is 6.10. The smallest absolute Gasteiger partial charge is 0.338 e. The Morgan fingerprint density at radius 1 is 1.03 bits per heavy atom. The molecule has 178 valence electrons. The lowest BCUT2D eigenvalue weighted by molar-refractivity contribution is -0.384. The number of amides is 2. The van der Waals surface area contributed by atoms with Gasteiger partial charge in [-0.3, -0.25) is 19.7 Å². The van der Waals surface area contributed by atoms with E-state index in [9.17, 15) is 24.5 Å². The monoisotopic (exact) mass is 493 g/mol. The Morgan fingerprint density at radius 2 is 1.74 bits per heavy atom. The van der Waals surface area contributed by atoms with Gasteiger partial charge in [-0.1, -0.05) is 29.8 Å². The zero-order chi connectivity index (χ0) is 25.4. The van der Waals surface area contributed by atoms with Crippen molar-refractivity contribution in [3.8, 4) is 0 Å². The maximum atomic E-state index is 13.1. The molecule has 2 amide bonds. The molecule has 0 aliphatic carbocycles. The van der Waals surface area contributed by atoms with Crippen LogP contribution in [0.3, 0.4) is 0 Å². The summed E-state index contributed by atoms with van der Waals surface area (Å²) in [4.78, 5) is 48.3. The van der Waals surface area contributed by atoms with Crippen LogP contribution in [0, 0.1) is 10.1 Å². The minimum absolute atomic E-state index is 0.121. The number of carbonyl (C=O) groups excluding carboxylic acids is 3. The van der Waals surface area contributed by atoms with Crippen molar-refractivity contribution in [2.24, 2.45) is 0 Å². The third-order valence-corrected chi connectivity index (χ3v) is 4.99. The van der Waals surface area contributed by atoms with Gasteiger partial charge in [0.05, 0.1) is 27.7 Å². The third kappa shape index (κ3) is 6.75. The Kier molecular flexibility index (Phi) is 8.31. The molecule has 0 saturated carbocycles. The van der Waals surface area contributed by atoms with Crippen LogP contribution in [-0.2, 0) is 9.53 Å². The van der Waals surface area contributed by atoms with Crippen LogP contribution in [0.15, 0.2) is 78.5 Å². The van der Waals surface area contributed by atoms with Crippen LogP contribution in [-0.4, -0.2) is 29.3 Å². The lowest BCUT2D eigenvalue weighted by atomic mass is 10.1. The van der Waals surface area contributed by atoms with E-state index >= 15 is 0 Å². The molecule has 0 unspecified atom stereocenters. The minimum Gasteiger partial charge on any atom is -0.462 e. The van der Waals surface area contributed by atoms with E-state index in [4.69, 9.17) is 16.3 Å². The summed E-state index contributed by atoms with van der Waals surface area (Å²) in [6.45, 7) is 1.88. The molecule has 0 atom stereocenters. The van der Waals surface area contributed by atoms with Crippen LogP contribution in [0.4, 0.5) is 11.4 Å². The first-order valence-electron chi connectivity index (χ1n) is 10.4. The fraction of sp³-hybridized carbons (Fsp3) is 0.0800. The summed E-state index contributed by atoms with van der Waals surface area (Å²) in [5, 5.41) is 16.3. The zero-order valence-electron chi connectivity index (χ0n) is 18.5. The fourth-order valence-corrected chi connectivity index (χ4v) is 3.21. The number of anilines is 1. The number of hydrogen-bond donors (Lipinski definition) is 2. The van der Waals surface area contributed by atoms with Crippen LogP contribution >= 0.6 is 11.6 Å². The van der Waals surface area contributed by atoms with Gasteiger partial charge < -0.3 is 15.4 Å². The lowest BCUT2D eigenvalue weighted by Crippen LogP contribution is -2.31. The molecule has 0 heterocycles. The molecule has 2 N–H and O–H groups in total. The number of nitrogens with zero attached hydrogens (tertiary/aromatic N) is 1. The van der Waals surface area contributed by atoms with Crippen LogP contribution in [0.1, 0.15) is 33.2 Å². The SMILES string of the molecule is CCOC(=O)c1cccc(NC(=O)/C(=C/c2ccc([N+](=O)[O-])cc2)NC(=O)c2ccccc2Cl)c1. The molecule has 0 aromatic heterocycles. The van der Waals surface area contributed by atoms with E-state index in [2.05, 4.69) is 10.6 Å². The number of ether oxygens (including phenoxy) is 1. The van der Waals surface area contributed by atoms with E-state index in [1.807, 2.05) is 0 Å². The number of non-ortho nitro benzene ring substituents is 1. The quantitative estimate of drug-likeness (QED) is 0.200. The van der Waals surface area contributed by atoms with Gasteiger partial charge in [-0.25, -0.2) is 4.79 Å². The molecule has 0 spiro atoms. The number of benzene rings is 3. The van der Waals surface area contributed by atoms with Gasteiger partial charge in [0, 0.05) is 17.8 Å². The van der Waals surface area contributed by atoms with Crippen molar-refractivity contribution in [3.05, 3.63) is 110 Å². The number of nitro groups is 1. The Bertz CT molecular complexity index is 1300. The molecule has 10 heteroatoms. The summed E-state index contributed by atoms with van der Waals surface area (Å²) < 4.78 is 4.97. The standard InChI is InChI=1S/C25H20ClN3O6/c1-2-35-25(32)17-6-5-7-18(15-17)27-24(31)22(14-16-10-12-19(13-11-16)29(33)34)28-23(30)20-8-3-4-9-21(20)26/h3-15H,2H2,1H3,(H,27,31)(H,28,30)/b22-14-. The summed E-state index contributed by atoms with van der Waals surface area (Å²) in [7, 11) is 0. The number of rotatable bonds is 8. The lowest BCUT2D eigenvalue weighted by Gasteiger charge is -2.12. The molecular formula is C25H20ClN3O6. The summed E-state index contributed by atoms with van der Waals surface area (Å²) in [6.07, 6.45) is 1.36. The molecule has 0 fully saturated rings. The Hall–Kier alpha value is -4.50.